The second kappa shape index (κ2) is 7.05. The van der Waals surface area contributed by atoms with Crippen molar-refractivity contribution < 1.29 is 14.3 Å². The SMILES string of the molecule is C=C(C)C(=O)OCCNc1ccc(NC=O)c(N)c1. The molecule has 1 amide bonds. The predicted octanol–water partition coefficient (Wildman–Crippen LogP) is 1.37. The highest BCUT2D eigenvalue weighted by molar-refractivity contribution is 5.87. The van der Waals surface area contributed by atoms with Crippen LogP contribution < -0.4 is 16.4 Å². The van der Waals surface area contributed by atoms with E-state index in [2.05, 4.69) is 17.2 Å². The van der Waals surface area contributed by atoms with Crippen LogP contribution in [-0.4, -0.2) is 25.5 Å². The third-order valence-electron chi connectivity index (χ3n) is 2.28. The lowest BCUT2D eigenvalue weighted by Gasteiger charge is -2.10. The van der Waals surface area contributed by atoms with Gasteiger partial charge in [0.2, 0.25) is 6.41 Å². The molecule has 0 aliphatic carbocycles. The fourth-order valence-corrected chi connectivity index (χ4v) is 1.33. The normalized spacial score (nSPS) is 9.53. The summed E-state index contributed by atoms with van der Waals surface area (Å²) in [5.41, 5.74) is 7.89. The van der Waals surface area contributed by atoms with E-state index in [-0.39, 0.29) is 6.61 Å². The maximum atomic E-state index is 11.1. The van der Waals surface area contributed by atoms with Crippen LogP contribution in [0.25, 0.3) is 0 Å². The van der Waals surface area contributed by atoms with Crippen molar-refractivity contribution in [3.05, 3.63) is 30.4 Å². The van der Waals surface area contributed by atoms with Crippen LogP contribution in [0.15, 0.2) is 30.4 Å². The lowest BCUT2D eigenvalue weighted by Crippen LogP contribution is -2.14. The minimum atomic E-state index is -0.410. The summed E-state index contributed by atoms with van der Waals surface area (Å²) in [6.45, 7) is 5.77. The molecule has 4 N–H and O–H groups in total. The Morgan fingerprint density at radius 2 is 2.26 bits per heavy atom. The monoisotopic (exact) mass is 263 g/mol. The van der Waals surface area contributed by atoms with E-state index in [0.717, 1.165) is 5.69 Å². The first-order valence-electron chi connectivity index (χ1n) is 5.71. The summed E-state index contributed by atoms with van der Waals surface area (Å²) < 4.78 is 4.93. The van der Waals surface area contributed by atoms with Crippen molar-refractivity contribution in [1.82, 2.24) is 0 Å². The first kappa shape index (κ1) is 14.6. The van der Waals surface area contributed by atoms with Crippen molar-refractivity contribution in [2.45, 2.75) is 6.92 Å². The first-order valence-corrected chi connectivity index (χ1v) is 5.71. The van der Waals surface area contributed by atoms with Crippen molar-refractivity contribution in [3.8, 4) is 0 Å². The molecule has 0 aliphatic heterocycles. The Kier molecular flexibility index (Phi) is 5.40. The van der Waals surface area contributed by atoms with E-state index in [1.165, 1.54) is 0 Å². The molecule has 0 saturated carbocycles. The van der Waals surface area contributed by atoms with Crippen LogP contribution in [-0.2, 0) is 14.3 Å². The van der Waals surface area contributed by atoms with Gasteiger partial charge in [0.05, 0.1) is 11.4 Å². The number of rotatable bonds is 7. The molecule has 0 fully saturated rings. The summed E-state index contributed by atoms with van der Waals surface area (Å²) in [6.07, 6.45) is 0.565. The van der Waals surface area contributed by atoms with E-state index in [4.69, 9.17) is 10.5 Å². The Bertz CT molecular complexity index is 486. The molecule has 0 spiro atoms. The van der Waals surface area contributed by atoms with Gasteiger partial charge < -0.3 is 21.1 Å². The molecule has 6 nitrogen and oxygen atoms in total. The lowest BCUT2D eigenvalue weighted by molar-refractivity contribution is -0.138. The Morgan fingerprint density at radius 3 is 2.84 bits per heavy atom. The second-order valence-electron chi connectivity index (χ2n) is 3.91. The summed E-state index contributed by atoms with van der Waals surface area (Å²) in [6, 6.07) is 5.14. The van der Waals surface area contributed by atoms with E-state index in [1.807, 2.05) is 0 Å². The number of benzene rings is 1. The molecule has 19 heavy (non-hydrogen) atoms. The number of nitrogen functional groups attached to an aromatic ring is 1. The summed E-state index contributed by atoms with van der Waals surface area (Å²) in [4.78, 5) is 21.4. The van der Waals surface area contributed by atoms with E-state index >= 15 is 0 Å². The standard InChI is InChI=1S/C13H17N3O3/c1-9(2)13(18)19-6-5-15-10-3-4-12(16-8-17)11(14)7-10/h3-4,7-8,15H,1,5-6,14H2,2H3,(H,16,17). The van der Waals surface area contributed by atoms with Crippen molar-refractivity contribution in [3.63, 3.8) is 0 Å². The van der Waals surface area contributed by atoms with Gasteiger partial charge in [-0.2, -0.15) is 0 Å². The second-order valence-corrected chi connectivity index (χ2v) is 3.91. The quantitative estimate of drug-likeness (QED) is 0.227. The Hall–Kier alpha value is -2.50. The number of anilines is 3. The van der Waals surface area contributed by atoms with Crippen LogP contribution in [0.1, 0.15) is 6.92 Å². The van der Waals surface area contributed by atoms with Crippen molar-refractivity contribution in [2.24, 2.45) is 0 Å². The molecule has 1 aromatic carbocycles. The average Bonchev–Trinajstić information content (AvgIpc) is 2.37. The van der Waals surface area contributed by atoms with E-state index in [1.54, 1.807) is 25.1 Å². The fourth-order valence-electron chi connectivity index (χ4n) is 1.33. The first-order chi connectivity index (χ1) is 9.04. The van der Waals surface area contributed by atoms with Gasteiger partial charge in [-0.25, -0.2) is 4.79 Å². The maximum absolute atomic E-state index is 11.1. The van der Waals surface area contributed by atoms with Gasteiger partial charge in [-0.05, 0) is 25.1 Å². The number of carbonyl (C=O) groups is 2. The highest BCUT2D eigenvalue weighted by Gasteiger charge is 2.03. The number of esters is 1. The number of hydrogen-bond donors (Lipinski definition) is 3. The topological polar surface area (TPSA) is 93.5 Å². The fraction of sp³-hybridized carbons (Fsp3) is 0.231. The Balaban J connectivity index is 2.42. The highest BCUT2D eigenvalue weighted by atomic mass is 16.5. The molecule has 0 aromatic heterocycles. The van der Waals surface area contributed by atoms with Crippen LogP contribution in [0.2, 0.25) is 0 Å². The number of nitrogens with two attached hydrogens (primary N) is 1. The highest BCUT2D eigenvalue weighted by Crippen LogP contribution is 2.21. The summed E-state index contributed by atoms with van der Waals surface area (Å²) >= 11 is 0. The molecule has 0 bridgehead atoms. The number of nitrogens with one attached hydrogen (secondary N) is 2. The molecular formula is C13H17N3O3. The summed E-state index contributed by atoms with van der Waals surface area (Å²) in [5, 5.41) is 5.53. The summed E-state index contributed by atoms with van der Waals surface area (Å²) in [5.74, 6) is -0.410. The van der Waals surface area contributed by atoms with E-state index in [0.29, 0.717) is 29.9 Å². The van der Waals surface area contributed by atoms with Crippen LogP contribution in [0, 0.1) is 0 Å². The van der Waals surface area contributed by atoms with Gasteiger partial charge in [-0.15, -0.1) is 0 Å². The minimum Gasteiger partial charge on any atom is -0.460 e. The molecule has 102 valence electrons. The Labute approximate surface area is 111 Å². The zero-order valence-electron chi connectivity index (χ0n) is 10.7. The smallest absolute Gasteiger partial charge is 0.333 e. The maximum Gasteiger partial charge on any atom is 0.333 e. The molecule has 0 saturated heterocycles. The van der Waals surface area contributed by atoms with Gasteiger partial charge in [0, 0.05) is 17.8 Å². The molecule has 1 aromatic rings. The van der Waals surface area contributed by atoms with Gasteiger partial charge in [0.1, 0.15) is 6.61 Å². The molecule has 0 heterocycles. The van der Waals surface area contributed by atoms with Crippen molar-refractivity contribution in [1.29, 1.82) is 0 Å². The van der Waals surface area contributed by atoms with E-state index < -0.39 is 5.97 Å². The van der Waals surface area contributed by atoms with Crippen LogP contribution in [0.3, 0.4) is 0 Å². The van der Waals surface area contributed by atoms with Crippen molar-refractivity contribution in [2.75, 3.05) is 29.5 Å². The van der Waals surface area contributed by atoms with Gasteiger partial charge in [0.15, 0.2) is 0 Å². The number of hydrogen-bond acceptors (Lipinski definition) is 5. The zero-order chi connectivity index (χ0) is 14.3. The number of amides is 1. The average molecular weight is 263 g/mol. The van der Waals surface area contributed by atoms with Crippen LogP contribution in [0.5, 0.6) is 0 Å². The molecule has 1 rings (SSSR count). The summed E-state index contributed by atoms with van der Waals surface area (Å²) in [7, 11) is 0. The molecule has 0 radical (unpaired) electrons. The van der Waals surface area contributed by atoms with Gasteiger partial charge in [-0.3, -0.25) is 4.79 Å². The van der Waals surface area contributed by atoms with Gasteiger partial charge in [-0.1, -0.05) is 6.58 Å². The van der Waals surface area contributed by atoms with Crippen LogP contribution in [0.4, 0.5) is 17.1 Å². The van der Waals surface area contributed by atoms with Gasteiger partial charge in [0.25, 0.3) is 0 Å². The predicted molar refractivity (Wildman–Crippen MR) is 74.8 cm³/mol. The van der Waals surface area contributed by atoms with Crippen molar-refractivity contribution >= 4 is 29.4 Å². The van der Waals surface area contributed by atoms with E-state index in [9.17, 15) is 9.59 Å². The molecule has 0 atom stereocenters. The Morgan fingerprint density at radius 1 is 1.53 bits per heavy atom. The molecular weight excluding hydrogens is 246 g/mol. The number of ether oxygens (including phenoxy) is 1. The largest absolute Gasteiger partial charge is 0.460 e. The van der Waals surface area contributed by atoms with Gasteiger partial charge >= 0.3 is 5.97 Å². The third-order valence-corrected chi connectivity index (χ3v) is 2.28. The molecule has 6 heteroatoms. The lowest BCUT2D eigenvalue weighted by atomic mass is 10.2. The molecule has 0 aliphatic rings. The number of carbonyl (C=O) groups excluding carboxylic acids is 2. The minimum absolute atomic E-state index is 0.236. The van der Waals surface area contributed by atoms with Crippen LogP contribution >= 0.6 is 0 Å². The third kappa shape index (κ3) is 4.71. The zero-order valence-corrected chi connectivity index (χ0v) is 10.7. The molecule has 0 unspecified atom stereocenters.